The average molecular weight is 284 g/mol. The van der Waals surface area contributed by atoms with Gasteiger partial charge in [0.2, 0.25) is 0 Å². The van der Waals surface area contributed by atoms with Crippen molar-refractivity contribution in [1.82, 2.24) is 15.0 Å². The van der Waals surface area contributed by atoms with Crippen molar-refractivity contribution in [2.45, 2.75) is 32.5 Å². The molecule has 0 atom stereocenters. The van der Waals surface area contributed by atoms with Crippen molar-refractivity contribution in [1.29, 1.82) is 0 Å². The average Bonchev–Trinajstić information content (AvgIpc) is 2.82. The summed E-state index contributed by atoms with van der Waals surface area (Å²) in [5, 5.41) is 7.07. The first kappa shape index (κ1) is 14.5. The fraction of sp³-hybridized carbons (Fsp3) is 0.385. The largest absolute Gasteiger partial charge is 0.435 e. The van der Waals surface area contributed by atoms with E-state index in [1.165, 1.54) is 0 Å². The molecular formula is C13H15F3N4. The van der Waals surface area contributed by atoms with E-state index >= 15 is 0 Å². The van der Waals surface area contributed by atoms with Crippen LogP contribution in [0.15, 0.2) is 24.3 Å². The molecule has 0 fully saturated rings. The lowest BCUT2D eigenvalue weighted by Gasteiger charge is -2.12. The van der Waals surface area contributed by atoms with Crippen molar-refractivity contribution in [2.75, 3.05) is 0 Å². The Hall–Kier alpha value is -1.89. The molecule has 1 heterocycles. The third-order valence-corrected chi connectivity index (χ3v) is 3.01. The standard InChI is InChI=1S/C13H15F3N4/c1-8(2)9-3-5-10(6-4-9)20-12(13(14,15)16)11(7-17)18-19-20/h3-6,8H,7,17H2,1-2H3. The van der Waals surface area contributed by atoms with Crippen LogP contribution in [-0.2, 0) is 12.7 Å². The van der Waals surface area contributed by atoms with Gasteiger partial charge in [-0.05, 0) is 23.6 Å². The van der Waals surface area contributed by atoms with E-state index in [9.17, 15) is 13.2 Å². The fourth-order valence-corrected chi connectivity index (χ4v) is 1.92. The lowest BCUT2D eigenvalue weighted by atomic mass is 10.0. The van der Waals surface area contributed by atoms with E-state index < -0.39 is 11.9 Å². The third-order valence-electron chi connectivity index (χ3n) is 3.01. The molecule has 0 aliphatic heterocycles. The highest BCUT2D eigenvalue weighted by atomic mass is 19.4. The summed E-state index contributed by atoms with van der Waals surface area (Å²) in [7, 11) is 0. The summed E-state index contributed by atoms with van der Waals surface area (Å²) < 4.78 is 40.0. The fourth-order valence-electron chi connectivity index (χ4n) is 1.92. The Morgan fingerprint density at radius 3 is 2.25 bits per heavy atom. The number of hydrogen-bond acceptors (Lipinski definition) is 3. The second-order valence-electron chi connectivity index (χ2n) is 4.74. The molecule has 0 saturated carbocycles. The van der Waals surface area contributed by atoms with E-state index in [2.05, 4.69) is 10.3 Å². The van der Waals surface area contributed by atoms with Gasteiger partial charge in [0.05, 0.1) is 5.69 Å². The Balaban J connectivity index is 2.50. The molecule has 1 aromatic heterocycles. The van der Waals surface area contributed by atoms with E-state index in [4.69, 9.17) is 5.73 Å². The van der Waals surface area contributed by atoms with Gasteiger partial charge in [0.25, 0.3) is 0 Å². The Morgan fingerprint density at radius 1 is 1.20 bits per heavy atom. The van der Waals surface area contributed by atoms with Gasteiger partial charge in [-0.1, -0.05) is 31.2 Å². The highest BCUT2D eigenvalue weighted by Crippen LogP contribution is 2.32. The highest BCUT2D eigenvalue weighted by molar-refractivity contribution is 5.37. The summed E-state index contributed by atoms with van der Waals surface area (Å²) in [4.78, 5) is 0. The van der Waals surface area contributed by atoms with Crippen LogP contribution in [0.3, 0.4) is 0 Å². The Kier molecular flexibility index (Phi) is 3.80. The van der Waals surface area contributed by atoms with Crippen LogP contribution in [0, 0.1) is 0 Å². The summed E-state index contributed by atoms with van der Waals surface area (Å²) in [6, 6.07) is 6.76. The second-order valence-corrected chi connectivity index (χ2v) is 4.74. The van der Waals surface area contributed by atoms with Crippen LogP contribution < -0.4 is 5.73 Å². The van der Waals surface area contributed by atoms with E-state index in [-0.39, 0.29) is 12.2 Å². The molecule has 7 heteroatoms. The van der Waals surface area contributed by atoms with Crippen LogP contribution in [-0.4, -0.2) is 15.0 Å². The van der Waals surface area contributed by atoms with Crippen LogP contribution in [0.25, 0.3) is 5.69 Å². The number of nitrogens with zero attached hydrogens (tertiary/aromatic N) is 3. The van der Waals surface area contributed by atoms with Crippen LogP contribution in [0.5, 0.6) is 0 Å². The van der Waals surface area contributed by atoms with Crippen molar-refractivity contribution in [2.24, 2.45) is 5.73 Å². The van der Waals surface area contributed by atoms with E-state index in [1.807, 2.05) is 13.8 Å². The maximum atomic E-state index is 13.1. The number of hydrogen-bond donors (Lipinski definition) is 1. The van der Waals surface area contributed by atoms with Crippen LogP contribution in [0.1, 0.15) is 36.7 Å². The SMILES string of the molecule is CC(C)c1ccc(-n2nnc(CN)c2C(F)(F)F)cc1. The quantitative estimate of drug-likeness (QED) is 0.943. The van der Waals surface area contributed by atoms with Gasteiger partial charge in [0.1, 0.15) is 5.69 Å². The minimum atomic E-state index is -4.55. The van der Waals surface area contributed by atoms with Gasteiger partial charge in [-0.25, -0.2) is 4.68 Å². The molecule has 0 amide bonds. The predicted octanol–water partition coefficient (Wildman–Crippen LogP) is 2.87. The van der Waals surface area contributed by atoms with Gasteiger partial charge in [-0.15, -0.1) is 5.10 Å². The molecule has 108 valence electrons. The van der Waals surface area contributed by atoms with Gasteiger partial charge < -0.3 is 5.73 Å². The third kappa shape index (κ3) is 2.67. The number of rotatable bonds is 3. The van der Waals surface area contributed by atoms with E-state index in [0.717, 1.165) is 10.2 Å². The zero-order valence-corrected chi connectivity index (χ0v) is 11.1. The monoisotopic (exact) mass is 284 g/mol. The lowest BCUT2D eigenvalue weighted by Crippen LogP contribution is -2.16. The first-order valence-electron chi connectivity index (χ1n) is 6.16. The van der Waals surface area contributed by atoms with Crippen molar-refractivity contribution >= 4 is 0 Å². The summed E-state index contributed by atoms with van der Waals surface area (Å²) in [5.41, 5.74) is 5.47. The summed E-state index contributed by atoms with van der Waals surface area (Å²) in [5.74, 6) is 0.307. The summed E-state index contributed by atoms with van der Waals surface area (Å²) in [6.07, 6.45) is -4.55. The molecule has 0 radical (unpaired) electrons. The van der Waals surface area contributed by atoms with Crippen LogP contribution >= 0.6 is 0 Å². The topological polar surface area (TPSA) is 56.7 Å². The maximum absolute atomic E-state index is 13.1. The lowest BCUT2D eigenvalue weighted by molar-refractivity contribution is -0.143. The molecule has 0 aliphatic rings. The molecule has 0 saturated heterocycles. The molecule has 4 nitrogen and oxygen atoms in total. The number of alkyl halides is 3. The second kappa shape index (κ2) is 5.24. The number of nitrogens with two attached hydrogens (primary N) is 1. The van der Waals surface area contributed by atoms with Crippen molar-refractivity contribution in [3.63, 3.8) is 0 Å². The molecule has 0 spiro atoms. The van der Waals surface area contributed by atoms with Gasteiger partial charge in [0, 0.05) is 6.54 Å². The Morgan fingerprint density at radius 2 is 1.80 bits per heavy atom. The first-order valence-corrected chi connectivity index (χ1v) is 6.16. The Labute approximate surface area is 114 Å². The molecule has 0 unspecified atom stereocenters. The van der Waals surface area contributed by atoms with Crippen molar-refractivity contribution in [3.8, 4) is 5.69 Å². The smallest absolute Gasteiger partial charge is 0.325 e. The van der Waals surface area contributed by atoms with E-state index in [0.29, 0.717) is 11.6 Å². The van der Waals surface area contributed by atoms with Gasteiger partial charge in [0.15, 0.2) is 5.69 Å². The van der Waals surface area contributed by atoms with Gasteiger partial charge >= 0.3 is 6.18 Å². The van der Waals surface area contributed by atoms with E-state index in [1.54, 1.807) is 24.3 Å². The van der Waals surface area contributed by atoms with Crippen molar-refractivity contribution in [3.05, 3.63) is 41.2 Å². The van der Waals surface area contributed by atoms with Crippen molar-refractivity contribution < 1.29 is 13.2 Å². The molecule has 0 aliphatic carbocycles. The molecule has 20 heavy (non-hydrogen) atoms. The first-order chi connectivity index (χ1) is 9.34. The number of benzene rings is 1. The minimum absolute atomic E-state index is 0.259. The number of halogens is 3. The number of aromatic nitrogens is 3. The summed E-state index contributed by atoms with van der Waals surface area (Å²) >= 11 is 0. The van der Waals surface area contributed by atoms with Gasteiger partial charge in [-0.2, -0.15) is 13.2 Å². The van der Waals surface area contributed by atoms with Crippen LogP contribution in [0.4, 0.5) is 13.2 Å². The van der Waals surface area contributed by atoms with Gasteiger partial charge in [-0.3, -0.25) is 0 Å². The molecule has 0 bridgehead atoms. The zero-order chi connectivity index (χ0) is 14.9. The molecule has 2 aromatic rings. The zero-order valence-electron chi connectivity index (χ0n) is 11.1. The maximum Gasteiger partial charge on any atom is 0.435 e. The molecule has 2 rings (SSSR count). The summed E-state index contributed by atoms with van der Waals surface area (Å²) in [6.45, 7) is 3.72. The molecular weight excluding hydrogens is 269 g/mol. The molecule has 2 N–H and O–H groups in total. The predicted molar refractivity (Wildman–Crippen MR) is 68.3 cm³/mol. The molecule has 1 aromatic carbocycles. The van der Waals surface area contributed by atoms with Crippen LogP contribution in [0.2, 0.25) is 0 Å². The normalized spacial score (nSPS) is 12.2. The highest BCUT2D eigenvalue weighted by Gasteiger charge is 2.39. The minimum Gasteiger partial charge on any atom is -0.325 e. The Bertz CT molecular complexity index is 585.